The van der Waals surface area contributed by atoms with E-state index >= 15 is 17.6 Å². The van der Waals surface area contributed by atoms with Crippen LogP contribution in [0.2, 0.25) is 0 Å². The van der Waals surface area contributed by atoms with E-state index in [1.54, 1.807) is 12.1 Å². The number of aryl methyl sites for hydroxylation is 1. The summed E-state index contributed by atoms with van der Waals surface area (Å²) in [5, 5.41) is 6.22. The molecule has 0 saturated heterocycles. The van der Waals surface area contributed by atoms with Crippen molar-refractivity contribution in [3.05, 3.63) is 133 Å². The van der Waals surface area contributed by atoms with Gasteiger partial charge in [-0.2, -0.15) is 26.0 Å². The highest BCUT2D eigenvalue weighted by atomic mass is 32.2. The summed E-state index contributed by atoms with van der Waals surface area (Å²) in [6, 6.07) is 10.1. The standard InChI is InChI=1S/C40H27F7N2O10S/c1-16-3-4-18-12-23(37(52)56-29(18)11-16)36(51)49-21-8-6-20(7-9-21)48-35(50)19-5-10-24-22(13-19)38(53)58-39(24)25-14-27(41)17(2)30(43)32(25)57-33-26(39)15-28(42)34(31(33)44)59-60(54,55)40(45,46)47/h3-5,10-15,20-21H,6-9H2,1-2H3,(H,48,50)(H,49,51). The molecule has 1 spiro atoms. The number of carbonyl (C=O) groups excluding carboxylic acids is 3. The van der Waals surface area contributed by atoms with E-state index < -0.39 is 113 Å². The number of rotatable bonds is 6. The fraction of sp³-hybridized carbons (Fsp3) is 0.250. The van der Waals surface area contributed by atoms with Gasteiger partial charge in [-0.15, -0.1) is 0 Å². The first-order chi connectivity index (χ1) is 28.2. The third-order valence-electron chi connectivity index (χ3n) is 10.6. The Morgan fingerprint density at radius 1 is 0.783 bits per heavy atom. The predicted molar refractivity (Wildman–Crippen MR) is 193 cm³/mol. The quantitative estimate of drug-likeness (QED) is 0.0585. The summed E-state index contributed by atoms with van der Waals surface area (Å²) >= 11 is 0. The van der Waals surface area contributed by atoms with Gasteiger partial charge in [0.25, 0.3) is 11.8 Å². The lowest BCUT2D eigenvalue weighted by atomic mass is 9.76. The van der Waals surface area contributed by atoms with Crippen LogP contribution >= 0.6 is 0 Å². The maximum Gasteiger partial charge on any atom is 0.534 e. The molecular weight excluding hydrogens is 833 g/mol. The second kappa shape index (κ2) is 14.1. The molecule has 1 unspecified atom stereocenters. The van der Waals surface area contributed by atoms with Gasteiger partial charge >= 0.3 is 27.2 Å². The minimum atomic E-state index is -6.65. The molecule has 4 aromatic carbocycles. The van der Waals surface area contributed by atoms with Crippen molar-refractivity contribution in [1.82, 2.24) is 10.6 Å². The molecule has 1 saturated carbocycles. The Kier molecular flexibility index (Phi) is 9.48. The predicted octanol–water partition coefficient (Wildman–Crippen LogP) is 7.23. The zero-order valence-electron chi connectivity index (χ0n) is 30.8. The number of fused-ring (bicyclic) bond motifs is 7. The van der Waals surface area contributed by atoms with Gasteiger partial charge in [-0.3, -0.25) is 9.59 Å². The largest absolute Gasteiger partial charge is 0.534 e. The molecule has 1 atom stereocenters. The molecule has 3 heterocycles. The van der Waals surface area contributed by atoms with Crippen molar-refractivity contribution in [2.45, 2.75) is 62.7 Å². The average Bonchev–Trinajstić information content (AvgIpc) is 3.48. The summed E-state index contributed by atoms with van der Waals surface area (Å²) in [6.07, 6.45) is 1.58. The molecular formula is C40H27F7N2O10S. The highest BCUT2D eigenvalue weighted by Gasteiger charge is 2.57. The monoisotopic (exact) mass is 860 g/mol. The van der Waals surface area contributed by atoms with Gasteiger partial charge in [-0.25, -0.2) is 22.8 Å². The molecule has 1 fully saturated rings. The van der Waals surface area contributed by atoms with Gasteiger partial charge in [0.1, 0.15) is 17.0 Å². The molecule has 60 heavy (non-hydrogen) atoms. The van der Waals surface area contributed by atoms with Gasteiger partial charge in [0, 0.05) is 34.2 Å². The van der Waals surface area contributed by atoms with Crippen LogP contribution in [0.25, 0.3) is 11.0 Å². The van der Waals surface area contributed by atoms with Gasteiger partial charge in [-0.05, 0) is 81.5 Å². The second-order valence-corrected chi connectivity index (χ2v) is 16.0. The number of hydrogen-bond acceptors (Lipinski definition) is 10. The minimum absolute atomic E-state index is 0.122. The Labute approximate surface area is 333 Å². The van der Waals surface area contributed by atoms with Gasteiger partial charge in [0.05, 0.1) is 16.7 Å². The van der Waals surface area contributed by atoms with Crippen LogP contribution in [0.1, 0.15) is 84.6 Å². The fourth-order valence-electron chi connectivity index (χ4n) is 7.58. The van der Waals surface area contributed by atoms with E-state index in [1.165, 1.54) is 12.1 Å². The number of benzene rings is 4. The summed E-state index contributed by atoms with van der Waals surface area (Å²) in [5.41, 5.74) is -11.6. The Bertz CT molecular complexity index is 2890. The highest BCUT2D eigenvalue weighted by molar-refractivity contribution is 7.88. The summed E-state index contributed by atoms with van der Waals surface area (Å²) in [6.45, 7) is 2.78. The lowest BCUT2D eigenvalue weighted by Gasteiger charge is -2.37. The molecule has 2 amide bonds. The summed E-state index contributed by atoms with van der Waals surface area (Å²) in [5.74, 6) is -13.9. The lowest BCUT2D eigenvalue weighted by Crippen LogP contribution is -2.44. The van der Waals surface area contributed by atoms with Crippen molar-refractivity contribution < 1.29 is 71.6 Å². The number of hydrogen-bond donors (Lipinski definition) is 2. The second-order valence-electron chi connectivity index (χ2n) is 14.5. The highest BCUT2D eigenvalue weighted by Crippen LogP contribution is 2.59. The molecule has 0 radical (unpaired) electrons. The molecule has 1 aromatic heterocycles. The molecule has 0 bridgehead atoms. The van der Waals surface area contributed by atoms with E-state index in [0.717, 1.165) is 24.6 Å². The number of ether oxygens (including phenoxy) is 2. The molecule has 3 aliphatic rings. The molecule has 2 N–H and O–H groups in total. The van der Waals surface area contributed by atoms with E-state index in [4.69, 9.17) is 13.9 Å². The van der Waals surface area contributed by atoms with Crippen LogP contribution in [0.15, 0.2) is 63.8 Å². The Morgan fingerprint density at radius 3 is 2.05 bits per heavy atom. The minimum Gasteiger partial charge on any atom is -0.450 e. The van der Waals surface area contributed by atoms with Gasteiger partial charge in [-0.1, -0.05) is 18.2 Å². The van der Waals surface area contributed by atoms with Crippen LogP contribution in [-0.2, 0) is 20.5 Å². The maximum atomic E-state index is 15.9. The van der Waals surface area contributed by atoms with Crippen molar-refractivity contribution in [1.29, 1.82) is 0 Å². The molecule has 5 aromatic rings. The maximum absolute atomic E-state index is 15.9. The third-order valence-corrected chi connectivity index (χ3v) is 11.6. The molecule has 312 valence electrons. The van der Waals surface area contributed by atoms with E-state index in [1.807, 2.05) is 13.0 Å². The van der Waals surface area contributed by atoms with Crippen LogP contribution in [0.4, 0.5) is 30.7 Å². The number of halogens is 7. The van der Waals surface area contributed by atoms with Crippen molar-refractivity contribution in [3.8, 4) is 17.2 Å². The molecule has 20 heteroatoms. The Morgan fingerprint density at radius 2 is 1.40 bits per heavy atom. The Hall–Kier alpha value is -6.44. The number of nitrogens with one attached hydrogen (secondary N) is 2. The molecule has 8 rings (SSSR count). The van der Waals surface area contributed by atoms with E-state index in [0.29, 0.717) is 42.7 Å². The molecule has 12 nitrogen and oxygen atoms in total. The van der Waals surface area contributed by atoms with E-state index in [9.17, 15) is 40.8 Å². The normalized spacial score (nSPS) is 19.5. The number of esters is 1. The average molecular weight is 861 g/mol. The summed E-state index contributed by atoms with van der Waals surface area (Å²) in [4.78, 5) is 52.6. The number of carbonyl (C=O) groups is 3. The van der Waals surface area contributed by atoms with Gasteiger partial charge < -0.3 is 28.7 Å². The van der Waals surface area contributed by atoms with Crippen LogP contribution in [0.5, 0.6) is 17.2 Å². The first kappa shape index (κ1) is 40.3. The smallest absolute Gasteiger partial charge is 0.450 e. The van der Waals surface area contributed by atoms with Crippen LogP contribution < -0.4 is 25.2 Å². The first-order valence-corrected chi connectivity index (χ1v) is 19.3. The topological polar surface area (TPSA) is 167 Å². The number of alkyl halides is 3. The Balaban J connectivity index is 1.05. The van der Waals surface area contributed by atoms with Crippen molar-refractivity contribution in [3.63, 3.8) is 0 Å². The van der Waals surface area contributed by atoms with Crippen molar-refractivity contribution >= 4 is 38.9 Å². The van der Waals surface area contributed by atoms with Crippen LogP contribution in [0, 0.1) is 37.1 Å². The van der Waals surface area contributed by atoms with E-state index in [2.05, 4.69) is 14.8 Å². The van der Waals surface area contributed by atoms with Crippen LogP contribution in [-0.4, -0.2) is 43.8 Å². The van der Waals surface area contributed by atoms with Crippen molar-refractivity contribution in [2.75, 3.05) is 0 Å². The van der Waals surface area contributed by atoms with E-state index in [-0.39, 0.29) is 28.8 Å². The molecule has 1 aliphatic carbocycles. The van der Waals surface area contributed by atoms with Gasteiger partial charge in [0.15, 0.2) is 28.7 Å². The summed E-state index contributed by atoms with van der Waals surface area (Å²) in [7, 11) is -6.65. The lowest BCUT2D eigenvalue weighted by molar-refractivity contribution is -0.0502. The fourth-order valence-corrected chi connectivity index (χ4v) is 8.05. The molecule has 2 aliphatic heterocycles. The zero-order chi connectivity index (χ0) is 43.2. The summed E-state index contributed by atoms with van der Waals surface area (Å²) < 4.78 is 145. The van der Waals surface area contributed by atoms with Crippen LogP contribution in [0.3, 0.4) is 0 Å². The zero-order valence-corrected chi connectivity index (χ0v) is 31.6. The first-order valence-electron chi connectivity index (χ1n) is 17.9. The third kappa shape index (κ3) is 6.49. The SMILES string of the molecule is Cc1ccc2cc(C(=O)NC3CCC(NC(=O)c4ccc5c(c4)C(=O)OC54c5cc(F)c(C)c(F)c5Oc5c4cc(F)c(OS(=O)(=O)C(F)(F)F)c5F)CC3)c(=O)oc2c1. The van der Waals surface area contributed by atoms with Gasteiger partial charge in [0.2, 0.25) is 11.6 Å². The number of amides is 2. The van der Waals surface area contributed by atoms with Crippen molar-refractivity contribution in [2.24, 2.45) is 0 Å².